The minimum atomic E-state index is -1.13. The third kappa shape index (κ3) is 3.77. The molecule has 2 aromatic carbocycles. The zero-order valence-corrected chi connectivity index (χ0v) is 21.7. The van der Waals surface area contributed by atoms with Gasteiger partial charge in [0.2, 0.25) is 0 Å². The Morgan fingerprint density at radius 3 is 2.44 bits per heavy atom. The van der Waals surface area contributed by atoms with Crippen LogP contribution in [-0.4, -0.2) is 51.8 Å². The average molecular weight is 532 g/mol. The highest BCUT2D eigenvalue weighted by Crippen LogP contribution is 2.65. The standard InChI is InChI=1S/C30H30FN3O5/c1-38-28(35)20-14-30(15-20)12-19(13-30)26-23-11-24-18(16-32-34(24)29(36)37)10-25(23)33(22-4-2-21(31)3-5-22)27(26)17-6-8-39-9-7-17/h2-5,10-11,16-17,19-20H,6-9,12-15H2,1H3,(H,36,37). The summed E-state index contributed by atoms with van der Waals surface area (Å²) in [6.45, 7) is 1.36. The lowest BCUT2D eigenvalue weighted by molar-refractivity contribution is -0.159. The van der Waals surface area contributed by atoms with Gasteiger partial charge in [-0.05, 0) is 91.8 Å². The van der Waals surface area contributed by atoms with Gasteiger partial charge in [-0.2, -0.15) is 9.78 Å². The van der Waals surface area contributed by atoms with Crippen molar-refractivity contribution in [3.05, 3.63) is 59.7 Å². The Balaban J connectivity index is 1.42. The van der Waals surface area contributed by atoms with E-state index >= 15 is 0 Å². The van der Waals surface area contributed by atoms with E-state index in [0.717, 1.165) is 65.2 Å². The summed E-state index contributed by atoms with van der Waals surface area (Å²) < 4.78 is 27.9. The molecule has 1 spiro atoms. The molecular formula is C30H30FN3O5. The Kier molecular flexibility index (Phi) is 5.56. The van der Waals surface area contributed by atoms with E-state index in [1.165, 1.54) is 30.5 Å². The molecule has 0 atom stereocenters. The third-order valence-corrected chi connectivity index (χ3v) is 9.27. The van der Waals surface area contributed by atoms with Gasteiger partial charge in [-0.3, -0.25) is 4.79 Å². The van der Waals surface area contributed by atoms with E-state index in [4.69, 9.17) is 9.47 Å². The van der Waals surface area contributed by atoms with E-state index in [2.05, 4.69) is 9.67 Å². The Morgan fingerprint density at radius 2 is 1.77 bits per heavy atom. The van der Waals surface area contributed by atoms with Gasteiger partial charge in [0.05, 0.1) is 30.3 Å². The minimum Gasteiger partial charge on any atom is -0.469 e. The van der Waals surface area contributed by atoms with Crippen LogP contribution >= 0.6 is 0 Å². The molecule has 0 radical (unpaired) electrons. The number of rotatable bonds is 4. The number of hydrogen-bond acceptors (Lipinski definition) is 5. The fraction of sp³-hybridized carbons (Fsp3) is 0.433. The summed E-state index contributed by atoms with van der Waals surface area (Å²) in [5.41, 5.74) is 5.02. The maximum absolute atomic E-state index is 14.0. The Morgan fingerprint density at radius 1 is 1.05 bits per heavy atom. The highest BCUT2D eigenvalue weighted by Gasteiger charge is 2.56. The second-order valence-electron chi connectivity index (χ2n) is 11.5. The molecule has 1 aliphatic heterocycles. The van der Waals surface area contributed by atoms with Crippen molar-refractivity contribution >= 4 is 33.9 Å². The van der Waals surface area contributed by atoms with Crippen molar-refractivity contribution in [3.63, 3.8) is 0 Å². The molecule has 2 saturated carbocycles. The molecule has 0 amide bonds. The maximum Gasteiger partial charge on any atom is 0.432 e. The first-order valence-corrected chi connectivity index (χ1v) is 13.6. The lowest BCUT2D eigenvalue weighted by Gasteiger charge is -2.57. The molecule has 3 fully saturated rings. The van der Waals surface area contributed by atoms with Crippen molar-refractivity contribution in [3.8, 4) is 5.69 Å². The lowest BCUT2D eigenvalue weighted by atomic mass is 9.47. The van der Waals surface area contributed by atoms with Crippen LogP contribution in [0.2, 0.25) is 0 Å². The number of nitrogens with zero attached hydrogens (tertiary/aromatic N) is 3. The Hall–Kier alpha value is -3.72. The number of aromatic nitrogens is 3. The monoisotopic (exact) mass is 531 g/mol. The molecule has 39 heavy (non-hydrogen) atoms. The summed E-state index contributed by atoms with van der Waals surface area (Å²) in [7, 11) is 1.45. The van der Waals surface area contributed by atoms with Crippen LogP contribution in [0.15, 0.2) is 42.6 Å². The largest absolute Gasteiger partial charge is 0.469 e. The van der Waals surface area contributed by atoms with Gasteiger partial charge in [0.15, 0.2) is 0 Å². The normalized spacial score (nSPS) is 25.1. The summed E-state index contributed by atoms with van der Waals surface area (Å²) in [4.78, 5) is 24.0. The zero-order valence-electron chi connectivity index (χ0n) is 21.7. The van der Waals surface area contributed by atoms with Crippen LogP contribution in [0.25, 0.3) is 27.5 Å². The molecule has 4 aromatic rings. The summed E-state index contributed by atoms with van der Waals surface area (Å²) in [5.74, 6) is 0.106. The molecule has 9 heteroatoms. The number of halogens is 1. The molecule has 7 rings (SSSR count). The van der Waals surface area contributed by atoms with Crippen LogP contribution in [0.1, 0.15) is 61.6 Å². The SMILES string of the molecule is COC(=O)C1CC2(C1)CC(c1c(C3CCOCC3)n(-c3ccc(F)cc3)c3cc4cnn(C(=O)O)c4cc13)C2. The lowest BCUT2D eigenvalue weighted by Crippen LogP contribution is -2.49. The number of methoxy groups -OCH3 is 1. The fourth-order valence-corrected chi connectivity index (χ4v) is 7.52. The molecule has 2 aliphatic carbocycles. The van der Waals surface area contributed by atoms with Gasteiger partial charge in [-0.25, -0.2) is 9.18 Å². The molecule has 8 nitrogen and oxygen atoms in total. The fourth-order valence-electron chi connectivity index (χ4n) is 7.52. The molecule has 1 saturated heterocycles. The zero-order chi connectivity index (χ0) is 26.9. The number of fused-ring (bicyclic) bond motifs is 2. The smallest absolute Gasteiger partial charge is 0.432 e. The van der Waals surface area contributed by atoms with Crippen LogP contribution in [0.3, 0.4) is 0 Å². The van der Waals surface area contributed by atoms with Crippen molar-refractivity contribution in [1.82, 2.24) is 14.3 Å². The first kappa shape index (κ1) is 24.3. The predicted molar refractivity (Wildman–Crippen MR) is 142 cm³/mol. The summed E-state index contributed by atoms with van der Waals surface area (Å²) in [6.07, 6.45) is 5.90. The summed E-state index contributed by atoms with van der Waals surface area (Å²) >= 11 is 0. The van der Waals surface area contributed by atoms with Crippen molar-refractivity contribution < 1.29 is 28.6 Å². The van der Waals surface area contributed by atoms with Gasteiger partial charge in [0, 0.05) is 41.3 Å². The van der Waals surface area contributed by atoms with Crippen LogP contribution in [-0.2, 0) is 14.3 Å². The van der Waals surface area contributed by atoms with Crippen LogP contribution < -0.4 is 0 Å². The highest BCUT2D eigenvalue weighted by atomic mass is 19.1. The van der Waals surface area contributed by atoms with Gasteiger partial charge in [-0.15, -0.1) is 0 Å². The van der Waals surface area contributed by atoms with Crippen molar-refractivity contribution in [2.75, 3.05) is 20.3 Å². The van der Waals surface area contributed by atoms with Crippen molar-refractivity contribution in [2.24, 2.45) is 11.3 Å². The summed E-state index contributed by atoms with van der Waals surface area (Å²) in [5, 5.41) is 15.6. The Bertz CT molecular complexity index is 1600. The van der Waals surface area contributed by atoms with E-state index in [1.807, 2.05) is 12.1 Å². The van der Waals surface area contributed by atoms with E-state index in [0.29, 0.717) is 18.7 Å². The quantitative estimate of drug-likeness (QED) is 0.325. The predicted octanol–water partition coefficient (Wildman–Crippen LogP) is 5.99. The third-order valence-electron chi connectivity index (χ3n) is 9.27. The molecule has 3 aliphatic rings. The number of carbonyl (C=O) groups excluding carboxylic acids is 1. The van der Waals surface area contributed by atoms with Gasteiger partial charge in [-0.1, -0.05) is 0 Å². The average Bonchev–Trinajstić information content (AvgIpc) is 3.45. The van der Waals surface area contributed by atoms with Gasteiger partial charge in [0.25, 0.3) is 0 Å². The number of ether oxygens (including phenoxy) is 2. The van der Waals surface area contributed by atoms with Crippen molar-refractivity contribution in [2.45, 2.75) is 50.4 Å². The van der Waals surface area contributed by atoms with Gasteiger partial charge < -0.3 is 19.1 Å². The van der Waals surface area contributed by atoms with Gasteiger partial charge in [0.1, 0.15) is 5.82 Å². The van der Waals surface area contributed by atoms with E-state index in [1.54, 1.807) is 18.3 Å². The van der Waals surface area contributed by atoms with Crippen molar-refractivity contribution in [1.29, 1.82) is 0 Å². The molecule has 1 N–H and O–H groups in total. The molecule has 0 unspecified atom stereocenters. The number of hydrogen-bond donors (Lipinski definition) is 1. The number of esters is 1. The van der Waals surface area contributed by atoms with Crippen LogP contribution in [0.4, 0.5) is 9.18 Å². The maximum atomic E-state index is 14.0. The second-order valence-corrected chi connectivity index (χ2v) is 11.5. The van der Waals surface area contributed by atoms with E-state index < -0.39 is 6.09 Å². The number of carbonyl (C=O) groups is 2. The topological polar surface area (TPSA) is 95.6 Å². The first-order valence-electron chi connectivity index (χ1n) is 13.6. The van der Waals surface area contributed by atoms with E-state index in [9.17, 15) is 19.1 Å². The molecule has 202 valence electrons. The molecule has 3 heterocycles. The molecule has 2 aromatic heterocycles. The minimum absolute atomic E-state index is 0.0176. The van der Waals surface area contributed by atoms with Crippen LogP contribution in [0, 0.1) is 17.2 Å². The number of benzene rings is 2. The molecule has 0 bridgehead atoms. The Labute approximate surface area is 224 Å². The highest BCUT2D eigenvalue weighted by molar-refractivity contribution is 6.01. The second kappa shape index (κ2) is 8.91. The van der Waals surface area contributed by atoms with Crippen LogP contribution in [0.5, 0.6) is 0 Å². The summed E-state index contributed by atoms with van der Waals surface area (Å²) in [6, 6.07) is 10.6. The van der Waals surface area contributed by atoms with Gasteiger partial charge >= 0.3 is 12.1 Å². The first-order chi connectivity index (χ1) is 18.9. The number of carboxylic acid groups (broad SMARTS) is 1. The van der Waals surface area contributed by atoms with E-state index in [-0.39, 0.29) is 35.0 Å². The molecular weight excluding hydrogens is 501 g/mol.